The van der Waals surface area contributed by atoms with Crippen molar-refractivity contribution in [3.63, 3.8) is 0 Å². The number of aromatic amines is 1. The molecule has 0 aliphatic rings. The van der Waals surface area contributed by atoms with Gasteiger partial charge in [-0.2, -0.15) is 0 Å². The number of H-pyrrole nitrogens is 1. The Balaban J connectivity index is 0.000000845. The predicted molar refractivity (Wildman–Crippen MR) is 46.6 cm³/mol. The molecule has 4 heteroatoms. The van der Waals surface area contributed by atoms with E-state index in [0.29, 0.717) is 0 Å². The normalized spacial score (nSPS) is 9.31. The second kappa shape index (κ2) is 4.21. The fourth-order valence-corrected chi connectivity index (χ4v) is 1.07. The van der Waals surface area contributed by atoms with Crippen molar-refractivity contribution in [2.75, 3.05) is 0 Å². The van der Waals surface area contributed by atoms with Crippen molar-refractivity contribution in [1.29, 1.82) is 0 Å². The summed E-state index contributed by atoms with van der Waals surface area (Å²) in [4.78, 5) is 0. The standard InChI is InChI=1S/C9H9N3.Cu/c1-7-2-4-8(5-3-7)9-6-10-12-11-9;/h2-6H,1H3,(H,10,11,12);. The molecule has 0 spiro atoms. The van der Waals surface area contributed by atoms with Crippen LogP contribution >= 0.6 is 0 Å². The van der Waals surface area contributed by atoms with Gasteiger partial charge >= 0.3 is 0 Å². The number of aryl methyl sites for hydroxylation is 1. The molecule has 3 nitrogen and oxygen atoms in total. The summed E-state index contributed by atoms with van der Waals surface area (Å²) in [6.07, 6.45) is 1.78. The molecule has 1 aromatic heterocycles. The van der Waals surface area contributed by atoms with Crippen molar-refractivity contribution in [3.05, 3.63) is 36.0 Å². The maximum atomic E-state index is 3.91. The molecule has 0 unspecified atom stereocenters. The van der Waals surface area contributed by atoms with Crippen LogP contribution in [-0.2, 0) is 17.1 Å². The van der Waals surface area contributed by atoms with E-state index in [4.69, 9.17) is 0 Å². The number of nitrogens with zero attached hydrogens (tertiary/aromatic N) is 2. The maximum Gasteiger partial charge on any atom is 0.112 e. The molecule has 0 bridgehead atoms. The molecule has 0 aliphatic carbocycles. The van der Waals surface area contributed by atoms with Crippen LogP contribution in [0.25, 0.3) is 11.3 Å². The van der Waals surface area contributed by atoms with E-state index >= 15 is 0 Å². The summed E-state index contributed by atoms with van der Waals surface area (Å²) < 4.78 is 0. The molecule has 13 heavy (non-hydrogen) atoms. The van der Waals surface area contributed by atoms with Crippen molar-refractivity contribution in [2.45, 2.75) is 6.92 Å². The summed E-state index contributed by atoms with van der Waals surface area (Å²) in [6.45, 7) is 2.06. The molecule has 1 heterocycles. The summed E-state index contributed by atoms with van der Waals surface area (Å²) in [6, 6.07) is 8.19. The summed E-state index contributed by atoms with van der Waals surface area (Å²) in [5, 5.41) is 10.2. The number of benzene rings is 1. The molecule has 1 N–H and O–H groups in total. The van der Waals surface area contributed by atoms with Crippen LogP contribution in [-0.4, -0.2) is 15.4 Å². The van der Waals surface area contributed by atoms with Crippen LogP contribution < -0.4 is 0 Å². The van der Waals surface area contributed by atoms with Crippen LogP contribution in [0.3, 0.4) is 0 Å². The second-order valence-corrected chi connectivity index (χ2v) is 2.72. The Morgan fingerprint density at radius 3 is 2.38 bits per heavy atom. The molecule has 0 atom stereocenters. The van der Waals surface area contributed by atoms with Crippen molar-refractivity contribution in [3.8, 4) is 11.3 Å². The number of aromatic nitrogens is 3. The van der Waals surface area contributed by atoms with Crippen LogP contribution in [0.4, 0.5) is 0 Å². The van der Waals surface area contributed by atoms with Crippen LogP contribution in [0.2, 0.25) is 0 Å². The molecule has 1 radical (unpaired) electrons. The maximum absolute atomic E-state index is 3.91. The first-order chi connectivity index (χ1) is 5.86. The van der Waals surface area contributed by atoms with E-state index in [1.165, 1.54) is 5.56 Å². The Hall–Kier alpha value is -1.12. The molecule has 0 saturated heterocycles. The van der Waals surface area contributed by atoms with E-state index in [1.54, 1.807) is 6.20 Å². The van der Waals surface area contributed by atoms with E-state index in [2.05, 4.69) is 34.5 Å². The quantitative estimate of drug-likeness (QED) is 0.748. The molecular weight excluding hydrogens is 214 g/mol. The molecule has 2 rings (SSSR count). The monoisotopic (exact) mass is 222 g/mol. The molecule has 0 saturated carbocycles. The van der Waals surface area contributed by atoms with Crippen molar-refractivity contribution < 1.29 is 17.1 Å². The summed E-state index contributed by atoms with van der Waals surface area (Å²) in [7, 11) is 0. The van der Waals surface area contributed by atoms with Gasteiger partial charge in [-0.25, -0.2) is 0 Å². The van der Waals surface area contributed by atoms with E-state index in [9.17, 15) is 0 Å². The number of nitrogens with one attached hydrogen (secondary N) is 1. The number of rotatable bonds is 1. The molecule has 71 valence electrons. The number of hydrogen-bond acceptors (Lipinski definition) is 2. The van der Waals surface area contributed by atoms with E-state index in [1.807, 2.05) is 12.1 Å². The summed E-state index contributed by atoms with van der Waals surface area (Å²) in [5.74, 6) is 0. The van der Waals surface area contributed by atoms with Gasteiger partial charge in [-0.15, -0.1) is 5.10 Å². The molecule has 0 aliphatic heterocycles. The zero-order valence-corrected chi connectivity index (χ0v) is 8.02. The van der Waals surface area contributed by atoms with E-state index in [0.717, 1.165) is 11.3 Å². The average Bonchev–Trinajstić information content (AvgIpc) is 2.58. The van der Waals surface area contributed by atoms with Crippen LogP contribution in [0.5, 0.6) is 0 Å². The van der Waals surface area contributed by atoms with E-state index in [-0.39, 0.29) is 17.1 Å². The van der Waals surface area contributed by atoms with Gasteiger partial charge in [0.05, 0.1) is 0 Å². The van der Waals surface area contributed by atoms with Crippen molar-refractivity contribution in [2.24, 2.45) is 0 Å². The molecule has 2 aromatic rings. The van der Waals surface area contributed by atoms with Gasteiger partial charge in [0.2, 0.25) is 0 Å². The van der Waals surface area contributed by atoms with Gasteiger partial charge in [0.25, 0.3) is 0 Å². The SMILES string of the molecule is Cc1ccc(-c2c[nH]nn2)cc1.[Cu]. The average molecular weight is 223 g/mol. The molecule has 1 aromatic carbocycles. The van der Waals surface area contributed by atoms with Gasteiger partial charge < -0.3 is 0 Å². The fraction of sp³-hybridized carbons (Fsp3) is 0.111. The fourth-order valence-electron chi connectivity index (χ4n) is 1.07. The largest absolute Gasteiger partial charge is 0.265 e. The van der Waals surface area contributed by atoms with Gasteiger partial charge in [-0.1, -0.05) is 35.0 Å². The van der Waals surface area contributed by atoms with Gasteiger partial charge in [0, 0.05) is 28.8 Å². The van der Waals surface area contributed by atoms with E-state index < -0.39 is 0 Å². The van der Waals surface area contributed by atoms with Gasteiger partial charge in [-0.3, -0.25) is 5.10 Å². The van der Waals surface area contributed by atoms with Gasteiger partial charge in [0.1, 0.15) is 5.69 Å². The Bertz CT molecular complexity index is 353. The minimum atomic E-state index is 0. The van der Waals surface area contributed by atoms with Crippen molar-refractivity contribution >= 4 is 0 Å². The van der Waals surface area contributed by atoms with Crippen molar-refractivity contribution in [1.82, 2.24) is 15.4 Å². The summed E-state index contributed by atoms with van der Waals surface area (Å²) in [5.41, 5.74) is 3.23. The zero-order chi connectivity index (χ0) is 8.39. The zero-order valence-electron chi connectivity index (χ0n) is 7.08. The van der Waals surface area contributed by atoms with Gasteiger partial charge in [-0.05, 0) is 6.92 Å². The third kappa shape index (κ3) is 2.17. The molecule has 0 amide bonds. The first kappa shape index (κ1) is 9.96. The Labute approximate surface area is 87.0 Å². The third-order valence-electron chi connectivity index (χ3n) is 1.76. The molecular formula is C9H9CuN3. The second-order valence-electron chi connectivity index (χ2n) is 2.72. The van der Waals surface area contributed by atoms with Crippen LogP contribution in [0.1, 0.15) is 5.56 Å². The third-order valence-corrected chi connectivity index (χ3v) is 1.76. The Morgan fingerprint density at radius 1 is 1.15 bits per heavy atom. The minimum absolute atomic E-state index is 0. The smallest absolute Gasteiger partial charge is 0.112 e. The Morgan fingerprint density at radius 2 is 1.85 bits per heavy atom. The van der Waals surface area contributed by atoms with Crippen LogP contribution in [0.15, 0.2) is 30.5 Å². The Kier molecular flexibility index (Phi) is 3.23. The van der Waals surface area contributed by atoms with Crippen LogP contribution in [0, 0.1) is 6.92 Å². The number of hydrogen-bond donors (Lipinski definition) is 1. The summed E-state index contributed by atoms with van der Waals surface area (Å²) >= 11 is 0. The first-order valence-electron chi connectivity index (χ1n) is 3.80. The molecule has 0 fully saturated rings. The first-order valence-corrected chi connectivity index (χ1v) is 3.80. The van der Waals surface area contributed by atoms with Gasteiger partial charge in [0.15, 0.2) is 0 Å². The predicted octanol–water partition coefficient (Wildman–Crippen LogP) is 1.78. The topological polar surface area (TPSA) is 41.6 Å². The minimum Gasteiger partial charge on any atom is -0.265 e.